The van der Waals surface area contributed by atoms with Crippen LogP contribution in [-0.4, -0.2) is 36.5 Å². The molecule has 5 heteroatoms. The predicted molar refractivity (Wildman–Crippen MR) is 52.6 cm³/mol. The van der Waals surface area contributed by atoms with Crippen LogP contribution in [0.5, 0.6) is 5.75 Å². The highest BCUT2D eigenvalue weighted by atomic mass is 16.7. The van der Waals surface area contributed by atoms with Gasteiger partial charge in [-0.25, -0.2) is 5.06 Å². The lowest BCUT2D eigenvalue weighted by molar-refractivity contribution is -0.0758. The molecule has 0 aliphatic heterocycles. The first-order chi connectivity index (χ1) is 7.10. The first-order valence-corrected chi connectivity index (χ1v) is 4.20. The lowest BCUT2D eigenvalue weighted by Crippen LogP contribution is -2.25. The number of hydrogen-bond acceptors (Lipinski definition) is 4. The number of amides is 1. The molecule has 0 unspecified atom stereocenters. The van der Waals surface area contributed by atoms with Crippen LogP contribution in [0, 0.1) is 0 Å². The van der Waals surface area contributed by atoms with Gasteiger partial charge in [0.15, 0.2) is 0 Å². The average molecular weight is 209 g/mol. The van der Waals surface area contributed by atoms with Crippen molar-refractivity contribution in [1.29, 1.82) is 0 Å². The van der Waals surface area contributed by atoms with Crippen LogP contribution in [0.3, 0.4) is 0 Å². The molecule has 1 aromatic carbocycles. The van der Waals surface area contributed by atoms with Gasteiger partial charge in [0, 0.05) is 12.6 Å². The van der Waals surface area contributed by atoms with E-state index in [9.17, 15) is 14.7 Å². The van der Waals surface area contributed by atoms with Crippen molar-refractivity contribution in [3.63, 3.8) is 0 Å². The molecule has 1 N–H and O–H groups in total. The first-order valence-electron chi connectivity index (χ1n) is 4.20. The Labute approximate surface area is 86.8 Å². The van der Waals surface area contributed by atoms with E-state index in [4.69, 9.17) is 0 Å². The summed E-state index contributed by atoms with van der Waals surface area (Å²) in [6, 6.07) is 4.02. The number of nitrogens with zero attached hydrogens (tertiary/aromatic N) is 1. The summed E-state index contributed by atoms with van der Waals surface area (Å²) in [5, 5.41) is 10.4. The van der Waals surface area contributed by atoms with Gasteiger partial charge in [0.25, 0.3) is 5.91 Å². The van der Waals surface area contributed by atoms with Crippen molar-refractivity contribution in [3.05, 3.63) is 29.3 Å². The Morgan fingerprint density at radius 3 is 2.73 bits per heavy atom. The van der Waals surface area contributed by atoms with Gasteiger partial charge < -0.3 is 5.11 Å². The van der Waals surface area contributed by atoms with Crippen LogP contribution in [0.2, 0.25) is 0 Å². The van der Waals surface area contributed by atoms with Gasteiger partial charge in [-0.1, -0.05) is 0 Å². The van der Waals surface area contributed by atoms with E-state index in [2.05, 4.69) is 4.84 Å². The molecule has 80 valence electrons. The van der Waals surface area contributed by atoms with Crippen LogP contribution in [0.1, 0.15) is 20.7 Å². The Morgan fingerprint density at radius 2 is 2.20 bits per heavy atom. The van der Waals surface area contributed by atoms with Crippen LogP contribution in [0.15, 0.2) is 18.2 Å². The lowest BCUT2D eigenvalue weighted by atomic mass is 10.1. The summed E-state index contributed by atoms with van der Waals surface area (Å²) < 4.78 is 0. The van der Waals surface area contributed by atoms with Gasteiger partial charge in [-0.05, 0) is 18.2 Å². The Hall–Kier alpha value is -1.88. The van der Waals surface area contributed by atoms with Crippen LogP contribution in [0.25, 0.3) is 0 Å². The zero-order chi connectivity index (χ0) is 11.4. The summed E-state index contributed by atoms with van der Waals surface area (Å²) in [6.07, 6.45) is 0.600. The molecule has 0 saturated heterocycles. The fourth-order valence-electron chi connectivity index (χ4n) is 1.05. The summed E-state index contributed by atoms with van der Waals surface area (Å²) >= 11 is 0. The zero-order valence-corrected chi connectivity index (χ0v) is 8.43. The van der Waals surface area contributed by atoms with E-state index in [0.717, 1.165) is 5.06 Å². The van der Waals surface area contributed by atoms with Crippen molar-refractivity contribution in [1.82, 2.24) is 5.06 Å². The van der Waals surface area contributed by atoms with Crippen molar-refractivity contribution in [3.8, 4) is 5.75 Å². The van der Waals surface area contributed by atoms with Gasteiger partial charge in [-0.3, -0.25) is 14.4 Å². The number of carbonyl (C=O) groups excluding carboxylic acids is 2. The van der Waals surface area contributed by atoms with Crippen molar-refractivity contribution >= 4 is 12.2 Å². The second kappa shape index (κ2) is 4.56. The van der Waals surface area contributed by atoms with E-state index < -0.39 is 5.91 Å². The quantitative estimate of drug-likeness (QED) is 0.591. The smallest absolute Gasteiger partial charge is 0.280 e. The predicted octanol–water partition coefficient (Wildman–Crippen LogP) is 0.838. The molecular weight excluding hydrogens is 198 g/mol. The minimum atomic E-state index is -0.515. The zero-order valence-electron chi connectivity index (χ0n) is 8.43. The maximum Gasteiger partial charge on any atom is 0.280 e. The van der Waals surface area contributed by atoms with Crippen molar-refractivity contribution in [2.24, 2.45) is 0 Å². The average Bonchev–Trinajstić information content (AvgIpc) is 2.27. The molecular formula is C10H11NO4. The molecule has 5 nitrogen and oxygen atoms in total. The van der Waals surface area contributed by atoms with E-state index in [-0.39, 0.29) is 11.3 Å². The Morgan fingerprint density at radius 1 is 1.53 bits per heavy atom. The summed E-state index contributed by atoms with van der Waals surface area (Å²) in [5.41, 5.74) is 0.351. The third-order valence-electron chi connectivity index (χ3n) is 1.95. The van der Waals surface area contributed by atoms with Crippen molar-refractivity contribution in [2.45, 2.75) is 0 Å². The van der Waals surface area contributed by atoms with E-state index in [0.29, 0.717) is 11.8 Å². The van der Waals surface area contributed by atoms with Gasteiger partial charge in [0.1, 0.15) is 12.0 Å². The van der Waals surface area contributed by atoms with Gasteiger partial charge in [-0.15, -0.1) is 0 Å². The van der Waals surface area contributed by atoms with E-state index in [1.807, 2.05) is 0 Å². The molecule has 0 aliphatic rings. The number of aromatic hydroxyl groups is 1. The number of hydrogen-bond donors (Lipinski definition) is 1. The molecule has 0 heterocycles. The number of carbonyl (C=O) groups is 2. The van der Waals surface area contributed by atoms with Crippen molar-refractivity contribution < 1.29 is 19.5 Å². The monoisotopic (exact) mass is 209 g/mol. The summed E-state index contributed by atoms with van der Waals surface area (Å²) in [5.74, 6) is -0.701. The highest BCUT2D eigenvalue weighted by molar-refractivity contribution is 5.97. The summed E-state index contributed by atoms with van der Waals surface area (Å²) in [7, 11) is 2.74. The normalized spacial score (nSPS) is 9.73. The van der Waals surface area contributed by atoms with Crippen molar-refractivity contribution in [2.75, 3.05) is 14.2 Å². The Kier molecular flexibility index (Phi) is 3.41. The minimum absolute atomic E-state index is 0.0314. The highest BCUT2D eigenvalue weighted by Crippen LogP contribution is 2.19. The summed E-state index contributed by atoms with van der Waals surface area (Å²) in [4.78, 5) is 26.8. The molecule has 0 saturated carbocycles. The van der Waals surface area contributed by atoms with E-state index >= 15 is 0 Å². The highest BCUT2D eigenvalue weighted by Gasteiger charge is 2.16. The lowest BCUT2D eigenvalue weighted by Gasteiger charge is -2.14. The standard InChI is InChI=1S/C10H11NO4/c1-11(15-2)10(14)8-5-7(6-12)3-4-9(8)13/h3-6,13H,1-2H3. The molecule has 0 radical (unpaired) electrons. The molecule has 1 rings (SSSR count). The molecule has 1 aromatic rings. The molecule has 0 fully saturated rings. The summed E-state index contributed by atoms with van der Waals surface area (Å²) in [6.45, 7) is 0. The molecule has 0 atom stereocenters. The number of benzene rings is 1. The Bertz CT molecular complexity index is 389. The SMILES string of the molecule is CON(C)C(=O)c1cc(C=O)ccc1O. The fourth-order valence-corrected chi connectivity index (χ4v) is 1.05. The molecule has 0 bridgehead atoms. The molecule has 1 amide bonds. The van der Waals surface area contributed by atoms with Crippen LogP contribution in [0.4, 0.5) is 0 Å². The maximum absolute atomic E-state index is 11.6. The minimum Gasteiger partial charge on any atom is -0.507 e. The largest absolute Gasteiger partial charge is 0.507 e. The maximum atomic E-state index is 11.6. The Balaban J connectivity index is 3.12. The van der Waals surface area contributed by atoms with Crippen LogP contribution < -0.4 is 0 Å². The number of phenolic OH excluding ortho intramolecular Hbond substituents is 1. The van der Waals surface area contributed by atoms with Crippen LogP contribution in [-0.2, 0) is 4.84 Å². The molecule has 15 heavy (non-hydrogen) atoms. The second-order valence-electron chi connectivity index (χ2n) is 2.88. The fraction of sp³-hybridized carbons (Fsp3) is 0.200. The van der Waals surface area contributed by atoms with E-state index in [1.54, 1.807) is 0 Å². The number of rotatable bonds is 3. The van der Waals surface area contributed by atoms with Crippen LogP contribution >= 0.6 is 0 Å². The van der Waals surface area contributed by atoms with Gasteiger partial charge in [0.05, 0.1) is 12.7 Å². The molecule has 0 aliphatic carbocycles. The third kappa shape index (κ3) is 2.32. The third-order valence-corrected chi connectivity index (χ3v) is 1.95. The van der Waals surface area contributed by atoms with E-state index in [1.165, 1.54) is 32.4 Å². The topological polar surface area (TPSA) is 66.8 Å². The second-order valence-corrected chi connectivity index (χ2v) is 2.88. The van der Waals surface area contributed by atoms with Gasteiger partial charge in [0.2, 0.25) is 0 Å². The number of hydroxylamine groups is 2. The number of phenols is 1. The van der Waals surface area contributed by atoms with Gasteiger partial charge in [-0.2, -0.15) is 0 Å². The molecule has 0 aromatic heterocycles. The first kappa shape index (κ1) is 11.2. The molecule has 0 spiro atoms. The number of aldehydes is 1. The van der Waals surface area contributed by atoms with Gasteiger partial charge >= 0.3 is 0 Å².